The summed E-state index contributed by atoms with van der Waals surface area (Å²) in [7, 11) is 0. The van der Waals surface area contributed by atoms with Gasteiger partial charge >= 0.3 is 0 Å². The van der Waals surface area contributed by atoms with Gasteiger partial charge in [0.05, 0.1) is 5.75 Å². The Bertz CT molecular complexity index is 346. The Balaban J connectivity index is 2.84. The molecule has 0 aliphatic heterocycles. The van der Waals surface area contributed by atoms with Gasteiger partial charge in [0.2, 0.25) is 0 Å². The fourth-order valence-electron chi connectivity index (χ4n) is 1.45. The maximum Gasteiger partial charge on any atom is 0.138 e. The monoisotopic (exact) mass is 239 g/mol. The zero-order valence-corrected chi connectivity index (χ0v) is 11.6. The van der Waals surface area contributed by atoms with E-state index in [0.717, 1.165) is 28.5 Å². The molecule has 0 radical (unpaired) electrons. The Morgan fingerprint density at radius 1 is 1.12 bits per heavy atom. The van der Waals surface area contributed by atoms with Gasteiger partial charge in [-0.05, 0) is 13.8 Å². The lowest BCUT2D eigenvalue weighted by Crippen LogP contribution is -2.11. The van der Waals surface area contributed by atoms with Crippen LogP contribution >= 0.6 is 11.8 Å². The van der Waals surface area contributed by atoms with Crippen molar-refractivity contribution in [1.82, 2.24) is 9.97 Å². The van der Waals surface area contributed by atoms with Crippen LogP contribution in [0.2, 0.25) is 0 Å². The Labute approximate surface area is 102 Å². The van der Waals surface area contributed by atoms with E-state index in [1.54, 1.807) is 0 Å². The third-order valence-electron chi connectivity index (χ3n) is 2.31. The van der Waals surface area contributed by atoms with Gasteiger partial charge in [0.15, 0.2) is 0 Å². The number of nitrogens with zero attached hydrogens (tertiary/aromatic N) is 2. The molecule has 0 aliphatic carbocycles. The van der Waals surface area contributed by atoms with Gasteiger partial charge in [-0.2, -0.15) is 0 Å². The SMILES string of the molecule is Cc1nc(CSC(C)(C)C)nc(C)c1CN. The average Bonchev–Trinajstić information content (AvgIpc) is 2.13. The van der Waals surface area contributed by atoms with Gasteiger partial charge in [-0.3, -0.25) is 0 Å². The summed E-state index contributed by atoms with van der Waals surface area (Å²) in [6.45, 7) is 11.1. The Kier molecular flexibility index (Phi) is 4.33. The van der Waals surface area contributed by atoms with Crippen LogP contribution in [0, 0.1) is 13.8 Å². The van der Waals surface area contributed by atoms with Crippen LogP contribution in [0.25, 0.3) is 0 Å². The molecule has 0 unspecified atom stereocenters. The standard InChI is InChI=1S/C12H21N3S/c1-8-10(6-13)9(2)15-11(14-8)7-16-12(3,4)5/h6-7,13H2,1-5H3. The predicted molar refractivity (Wildman–Crippen MR) is 70.4 cm³/mol. The van der Waals surface area contributed by atoms with E-state index in [2.05, 4.69) is 30.7 Å². The lowest BCUT2D eigenvalue weighted by atomic mass is 10.2. The molecule has 90 valence electrons. The lowest BCUT2D eigenvalue weighted by molar-refractivity contribution is 0.798. The van der Waals surface area contributed by atoms with E-state index < -0.39 is 0 Å². The summed E-state index contributed by atoms with van der Waals surface area (Å²) in [5.74, 6) is 1.77. The van der Waals surface area contributed by atoms with Gasteiger partial charge in [-0.25, -0.2) is 9.97 Å². The number of hydrogen-bond donors (Lipinski definition) is 1. The first-order chi connectivity index (χ1) is 7.33. The minimum absolute atomic E-state index is 0.248. The van der Waals surface area contributed by atoms with Crippen molar-refractivity contribution in [1.29, 1.82) is 0 Å². The van der Waals surface area contributed by atoms with E-state index in [4.69, 9.17) is 5.73 Å². The van der Waals surface area contributed by atoms with Crippen LogP contribution in [0.15, 0.2) is 0 Å². The highest BCUT2D eigenvalue weighted by molar-refractivity contribution is 7.99. The fraction of sp³-hybridized carbons (Fsp3) is 0.667. The zero-order chi connectivity index (χ0) is 12.3. The molecule has 1 aromatic heterocycles. The van der Waals surface area contributed by atoms with Gasteiger partial charge in [-0.15, -0.1) is 11.8 Å². The van der Waals surface area contributed by atoms with E-state index in [1.165, 1.54) is 0 Å². The highest BCUT2D eigenvalue weighted by Gasteiger charge is 2.13. The van der Waals surface area contributed by atoms with E-state index in [-0.39, 0.29) is 4.75 Å². The molecular formula is C12H21N3S. The number of aromatic nitrogens is 2. The van der Waals surface area contributed by atoms with Crippen molar-refractivity contribution in [2.75, 3.05) is 0 Å². The molecule has 4 heteroatoms. The van der Waals surface area contributed by atoms with E-state index >= 15 is 0 Å². The second kappa shape index (κ2) is 5.15. The molecule has 3 nitrogen and oxygen atoms in total. The van der Waals surface area contributed by atoms with E-state index in [0.29, 0.717) is 6.54 Å². The third kappa shape index (κ3) is 3.76. The normalized spacial score (nSPS) is 11.9. The smallest absolute Gasteiger partial charge is 0.138 e. The summed E-state index contributed by atoms with van der Waals surface area (Å²) in [4.78, 5) is 8.99. The average molecular weight is 239 g/mol. The van der Waals surface area contributed by atoms with Crippen LogP contribution in [0.3, 0.4) is 0 Å². The molecule has 1 aromatic rings. The van der Waals surface area contributed by atoms with Gasteiger partial charge in [0.25, 0.3) is 0 Å². The van der Waals surface area contributed by atoms with Crippen LogP contribution in [0.1, 0.15) is 43.5 Å². The van der Waals surface area contributed by atoms with Gasteiger partial charge < -0.3 is 5.73 Å². The molecule has 2 N–H and O–H groups in total. The number of nitrogens with two attached hydrogens (primary N) is 1. The van der Waals surface area contributed by atoms with E-state index in [1.807, 2.05) is 25.6 Å². The Morgan fingerprint density at radius 2 is 1.62 bits per heavy atom. The molecule has 0 spiro atoms. The lowest BCUT2D eigenvalue weighted by Gasteiger charge is -2.17. The van der Waals surface area contributed by atoms with Crippen molar-refractivity contribution < 1.29 is 0 Å². The number of rotatable bonds is 3. The maximum absolute atomic E-state index is 5.66. The van der Waals surface area contributed by atoms with Crippen LogP contribution in [-0.4, -0.2) is 14.7 Å². The predicted octanol–water partition coefficient (Wildman–Crippen LogP) is 2.58. The minimum atomic E-state index is 0.248. The minimum Gasteiger partial charge on any atom is -0.326 e. The number of thioether (sulfide) groups is 1. The number of hydrogen-bond acceptors (Lipinski definition) is 4. The molecule has 0 amide bonds. The van der Waals surface area contributed by atoms with E-state index in [9.17, 15) is 0 Å². The molecule has 16 heavy (non-hydrogen) atoms. The maximum atomic E-state index is 5.66. The molecule has 0 atom stereocenters. The van der Waals surface area contributed by atoms with Gasteiger partial charge in [0.1, 0.15) is 5.82 Å². The van der Waals surface area contributed by atoms with Crippen LogP contribution in [-0.2, 0) is 12.3 Å². The second-order valence-corrected chi connectivity index (χ2v) is 6.70. The van der Waals surface area contributed by atoms with Crippen molar-refractivity contribution in [3.8, 4) is 0 Å². The second-order valence-electron chi connectivity index (χ2n) is 4.89. The van der Waals surface area contributed by atoms with Gasteiger partial charge in [-0.1, -0.05) is 20.8 Å². The number of aryl methyl sites for hydroxylation is 2. The summed E-state index contributed by atoms with van der Waals surface area (Å²) >= 11 is 1.86. The molecule has 0 saturated carbocycles. The van der Waals surface area contributed by atoms with Crippen LogP contribution < -0.4 is 5.73 Å². The Morgan fingerprint density at radius 3 is 2.00 bits per heavy atom. The van der Waals surface area contributed by atoms with Gasteiger partial charge in [0, 0.05) is 28.2 Å². The molecule has 0 aromatic carbocycles. The quantitative estimate of drug-likeness (QED) is 0.881. The summed E-state index contributed by atoms with van der Waals surface area (Å²) in [5, 5.41) is 0. The molecule has 1 rings (SSSR count). The van der Waals surface area contributed by atoms with Crippen molar-refractivity contribution in [3.05, 3.63) is 22.8 Å². The molecule has 0 saturated heterocycles. The third-order valence-corrected chi connectivity index (χ3v) is 3.57. The molecule has 0 bridgehead atoms. The topological polar surface area (TPSA) is 51.8 Å². The highest BCUT2D eigenvalue weighted by atomic mass is 32.2. The first-order valence-electron chi connectivity index (χ1n) is 5.50. The summed E-state index contributed by atoms with van der Waals surface area (Å²) in [6.07, 6.45) is 0. The zero-order valence-electron chi connectivity index (χ0n) is 10.8. The molecular weight excluding hydrogens is 218 g/mol. The van der Waals surface area contributed by atoms with Crippen molar-refractivity contribution in [3.63, 3.8) is 0 Å². The molecule has 1 heterocycles. The Hall–Kier alpha value is -0.610. The van der Waals surface area contributed by atoms with Crippen molar-refractivity contribution >= 4 is 11.8 Å². The largest absolute Gasteiger partial charge is 0.326 e. The van der Waals surface area contributed by atoms with Crippen LogP contribution in [0.5, 0.6) is 0 Å². The molecule has 0 fully saturated rings. The van der Waals surface area contributed by atoms with Crippen LogP contribution in [0.4, 0.5) is 0 Å². The van der Waals surface area contributed by atoms with Crippen molar-refractivity contribution in [2.24, 2.45) is 5.73 Å². The first kappa shape index (κ1) is 13.5. The molecule has 0 aliphatic rings. The fourth-order valence-corrected chi connectivity index (χ4v) is 2.14. The summed E-state index contributed by atoms with van der Waals surface area (Å²) < 4.78 is 0.248. The first-order valence-corrected chi connectivity index (χ1v) is 6.49. The highest BCUT2D eigenvalue weighted by Crippen LogP contribution is 2.26. The summed E-state index contributed by atoms with van der Waals surface area (Å²) in [5.41, 5.74) is 8.76. The summed E-state index contributed by atoms with van der Waals surface area (Å²) in [6, 6.07) is 0. The van der Waals surface area contributed by atoms with Crippen molar-refractivity contribution in [2.45, 2.75) is 51.7 Å².